The van der Waals surface area contributed by atoms with Gasteiger partial charge in [0.1, 0.15) is 48.3 Å². The predicted octanol–water partition coefficient (Wildman–Crippen LogP) is -4.10. The number of amides is 9. The lowest BCUT2D eigenvalue weighted by atomic mass is 10.0. The zero-order chi connectivity index (χ0) is 72.7. The Morgan fingerprint density at radius 3 is 1.38 bits per heavy atom. The Balaban J connectivity index is 0.00000245. The monoisotopic (exact) mass is 1370 g/mol. The maximum Gasteiger partial charge on any atom is 0.326 e. The van der Waals surface area contributed by atoms with Crippen LogP contribution in [0.3, 0.4) is 0 Å². The molecule has 3 fully saturated rings. The Labute approximate surface area is 561 Å². The molecule has 0 aromatic heterocycles. The third-order valence-corrected chi connectivity index (χ3v) is 15.0. The van der Waals surface area contributed by atoms with E-state index in [9.17, 15) is 58.2 Å². The van der Waals surface area contributed by atoms with Crippen molar-refractivity contribution < 1.29 is 87.9 Å². The first-order chi connectivity index (χ1) is 45.9. The lowest BCUT2D eigenvalue weighted by Gasteiger charge is -2.33. The number of unbranched alkanes of at least 4 members (excludes halogenated alkanes) is 1. The first-order valence-corrected chi connectivity index (χ1v) is 31.7. The van der Waals surface area contributed by atoms with Crippen LogP contribution in [0, 0.1) is 0 Å². The van der Waals surface area contributed by atoms with E-state index in [4.69, 9.17) is 64.1 Å². The van der Waals surface area contributed by atoms with Crippen LogP contribution in [0.4, 0.5) is 0 Å². The third-order valence-electron chi connectivity index (χ3n) is 15.0. The number of nitrogens with two attached hydrogens (primary N) is 6. The summed E-state index contributed by atoms with van der Waals surface area (Å²) in [5.74, 6) is -10.4. The van der Waals surface area contributed by atoms with Gasteiger partial charge in [-0.15, -0.1) is 0 Å². The number of rotatable bonds is 33. The summed E-state index contributed by atoms with van der Waals surface area (Å²) in [7, 11) is 0. The second-order valence-corrected chi connectivity index (χ2v) is 22.9. The normalized spacial score (nSPS) is 17.0. The number of benzene rings is 2. The molecule has 35 heteroatoms. The molecule has 0 bridgehead atoms. The highest BCUT2D eigenvalue weighted by Gasteiger charge is 2.44. The SMILES string of the molecule is CC(=O)O.CC(=O)O.CC(=O)O.NCCCCC(N)C(=O)NC(CCCN=C(N)N)C(=O)N1CCCC1C(=O)N1CCCC1C(=O)NCC(=O)NC(Cc1ccccc1)C(=O)NC(CO)C(=O)N1CCCC1C(=O)NC(Cc1ccccc1)C(=O)NC(CCCN=C(N)N)C(=O)O. The Hall–Kier alpha value is -10.0. The van der Waals surface area contributed by atoms with Gasteiger partial charge in [0.05, 0.1) is 19.2 Å². The number of nitrogens with one attached hydrogen (secondary N) is 6. The number of likely N-dealkylation sites (tertiary alicyclic amines) is 3. The number of guanidine groups is 2. The molecule has 9 unspecified atom stereocenters. The molecular formula is C62H97N17O18. The van der Waals surface area contributed by atoms with Crippen molar-refractivity contribution in [3.05, 3.63) is 71.8 Å². The van der Waals surface area contributed by atoms with Gasteiger partial charge >= 0.3 is 5.97 Å². The molecule has 2 aromatic carbocycles. The maximum absolute atomic E-state index is 14.3. The minimum atomic E-state index is -1.61. The van der Waals surface area contributed by atoms with Crippen molar-refractivity contribution in [2.75, 3.05) is 52.4 Å². The number of hydrogen-bond donors (Lipinski definition) is 17. The third kappa shape index (κ3) is 31.8. The molecule has 5 rings (SSSR count). The van der Waals surface area contributed by atoms with E-state index in [0.717, 1.165) is 20.8 Å². The van der Waals surface area contributed by atoms with Crippen molar-refractivity contribution in [3.8, 4) is 0 Å². The lowest BCUT2D eigenvalue weighted by molar-refractivity contribution is -0.148. The van der Waals surface area contributed by atoms with Crippen LogP contribution in [0.2, 0.25) is 0 Å². The summed E-state index contributed by atoms with van der Waals surface area (Å²) >= 11 is 0. The molecule has 9 amide bonds. The maximum atomic E-state index is 14.3. The van der Waals surface area contributed by atoms with Crippen LogP contribution < -0.4 is 66.3 Å². The van der Waals surface area contributed by atoms with Crippen LogP contribution in [-0.4, -0.2) is 236 Å². The molecule has 35 nitrogen and oxygen atoms in total. The largest absolute Gasteiger partial charge is 0.481 e. The highest BCUT2D eigenvalue weighted by molar-refractivity contribution is 5.98. The molecule has 3 saturated heterocycles. The van der Waals surface area contributed by atoms with Crippen LogP contribution in [0.5, 0.6) is 0 Å². The molecule has 2 aromatic rings. The van der Waals surface area contributed by atoms with E-state index in [1.54, 1.807) is 60.7 Å². The number of carboxylic acids is 4. The molecule has 538 valence electrons. The summed E-state index contributed by atoms with van der Waals surface area (Å²) in [4.78, 5) is 177. The zero-order valence-corrected chi connectivity index (χ0v) is 55.0. The fourth-order valence-corrected chi connectivity index (χ4v) is 10.6. The van der Waals surface area contributed by atoms with Gasteiger partial charge in [-0.3, -0.25) is 67.5 Å². The van der Waals surface area contributed by atoms with Crippen molar-refractivity contribution in [2.45, 2.75) is 171 Å². The summed E-state index contributed by atoms with van der Waals surface area (Å²) < 4.78 is 0. The van der Waals surface area contributed by atoms with Crippen molar-refractivity contribution >= 4 is 89.0 Å². The topological polar surface area (TPSA) is 586 Å². The van der Waals surface area contributed by atoms with Crippen LogP contribution >= 0.6 is 0 Å². The molecular weight excluding hydrogens is 1270 g/mol. The quantitative estimate of drug-likeness (QED) is 0.0183. The van der Waals surface area contributed by atoms with Crippen molar-refractivity contribution in [1.29, 1.82) is 0 Å². The second kappa shape index (κ2) is 44.6. The average Bonchev–Trinajstić information content (AvgIpc) is 1.70. The fourth-order valence-electron chi connectivity index (χ4n) is 10.6. The molecule has 3 heterocycles. The van der Waals surface area contributed by atoms with Crippen LogP contribution in [0.15, 0.2) is 70.6 Å². The Morgan fingerprint density at radius 1 is 0.505 bits per heavy atom. The van der Waals surface area contributed by atoms with Crippen LogP contribution in [0.25, 0.3) is 0 Å². The van der Waals surface area contributed by atoms with E-state index < -0.39 is 145 Å². The van der Waals surface area contributed by atoms with Crippen molar-refractivity contribution in [1.82, 2.24) is 46.6 Å². The van der Waals surface area contributed by atoms with E-state index in [0.29, 0.717) is 69.0 Å². The summed E-state index contributed by atoms with van der Waals surface area (Å²) in [6.07, 6.45) is 4.09. The van der Waals surface area contributed by atoms with Gasteiger partial charge in [0.25, 0.3) is 17.9 Å². The summed E-state index contributed by atoms with van der Waals surface area (Å²) in [6, 6.07) is 6.55. The van der Waals surface area contributed by atoms with Crippen molar-refractivity contribution in [2.24, 2.45) is 44.4 Å². The van der Waals surface area contributed by atoms with Gasteiger partial charge in [-0.05, 0) is 94.7 Å². The number of aliphatic hydroxyl groups excluding tert-OH is 1. The van der Waals surface area contributed by atoms with E-state index in [2.05, 4.69) is 41.9 Å². The van der Waals surface area contributed by atoms with Crippen molar-refractivity contribution in [3.63, 3.8) is 0 Å². The molecule has 97 heavy (non-hydrogen) atoms. The minimum Gasteiger partial charge on any atom is -0.481 e. The molecule has 0 aliphatic carbocycles. The van der Waals surface area contributed by atoms with Gasteiger partial charge in [-0.25, -0.2) is 4.79 Å². The molecule has 0 spiro atoms. The number of aliphatic hydroxyl groups is 1. The molecule has 3 aliphatic rings. The summed E-state index contributed by atoms with van der Waals surface area (Å²) in [5.41, 5.74) is 34.7. The molecule has 9 atom stereocenters. The fraction of sp³-hybridized carbons (Fsp3) is 0.565. The van der Waals surface area contributed by atoms with Crippen LogP contribution in [0.1, 0.15) is 115 Å². The van der Waals surface area contributed by atoms with Gasteiger partial charge in [-0.1, -0.05) is 67.1 Å². The Kier molecular flexibility index (Phi) is 38.2. The number of aliphatic imine (C=N–C) groups is 2. The number of carbonyl (C=O) groups excluding carboxylic acids is 9. The summed E-state index contributed by atoms with van der Waals surface area (Å²) in [5, 5.41) is 58.4. The molecule has 23 N–H and O–H groups in total. The number of carboxylic acid groups (broad SMARTS) is 4. The zero-order valence-electron chi connectivity index (χ0n) is 55.0. The second-order valence-electron chi connectivity index (χ2n) is 22.9. The Bertz CT molecular complexity index is 2950. The van der Waals surface area contributed by atoms with Gasteiger partial charge < -0.3 is 107 Å². The standard InChI is InChI=1S/C56H85N17O12.3C2H4O2/c57-24-8-7-18-36(58)46(76)67-37(19-9-25-63-55(59)60)51(81)73-29-13-23-44(73)53(83)72-28-11-21-42(72)49(79)65-32-45(75)66-39(30-34-14-3-1-4-15-34)47(77)70-41(33-74)52(82)71-27-12-22-43(71)50(80)69-40(31-35-16-5-2-6-17-35)48(78)68-38(54(84)85)20-10-26-64-56(61)62;3*1-2(3)4/h1-6,14-17,36-44,74H,7-13,18-33,57-58H2,(H,65,79)(H,66,75)(H,67,76)(H,68,78)(H,69,80)(H,70,77)(H,84,85)(H4,59,60,63)(H4,61,62,64);3*1H3,(H,3,4). The highest BCUT2D eigenvalue weighted by Crippen LogP contribution is 2.27. The first kappa shape index (κ1) is 83.1. The number of nitrogens with zero attached hydrogens (tertiary/aromatic N) is 5. The highest BCUT2D eigenvalue weighted by atomic mass is 16.4. The Morgan fingerprint density at radius 2 is 0.918 bits per heavy atom. The molecule has 0 radical (unpaired) electrons. The average molecular weight is 1370 g/mol. The van der Waals surface area contributed by atoms with E-state index in [1.165, 1.54) is 14.7 Å². The minimum absolute atomic E-state index is 0.0304. The van der Waals surface area contributed by atoms with Gasteiger partial charge in [0, 0.05) is 66.3 Å². The van der Waals surface area contributed by atoms with E-state index >= 15 is 0 Å². The first-order valence-electron chi connectivity index (χ1n) is 31.7. The lowest BCUT2D eigenvalue weighted by Crippen LogP contribution is -2.60. The van der Waals surface area contributed by atoms with Gasteiger partial charge in [0.2, 0.25) is 53.2 Å². The molecule has 3 aliphatic heterocycles. The summed E-state index contributed by atoms with van der Waals surface area (Å²) in [6.45, 7) is 2.87. The van der Waals surface area contributed by atoms with E-state index in [-0.39, 0.29) is 89.6 Å². The number of carbonyl (C=O) groups is 13. The van der Waals surface area contributed by atoms with Gasteiger partial charge in [-0.2, -0.15) is 0 Å². The number of aliphatic carboxylic acids is 4. The smallest absolute Gasteiger partial charge is 0.326 e. The number of hydrogen-bond acceptors (Lipinski definition) is 18. The molecule has 0 saturated carbocycles. The van der Waals surface area contributed by atoms with Crippen LogP contribution in [-0.2, 0) is 75.2 Å². The van der Waals surface area contributed by atoms with E-state index in [1.807, 2.05) is 0 Å². The predicted molar refractivity (Wildman–Crippen MR) is 353 cm³/mol. The van der Waals surface area contributed by atoms with Gasteiger partial charge in [0.15, 0.2) is 11.9 Å².